The summed E-state index contributed by atoms with van der Waals surface area (Å²) >= 11 is 0.0230. The first-order chi connectivity index (χ1) is 21.3. The van der Waals surface area contributed by atoms with Crippen LogP contribution in [0.5, 0.6) is 5.75 Å². The van der Waals surface area contributed by atoms with Crippen molar-refractivity contribution in [3.63, 3.8) is 0 Å². The van der Waals surface area contributed by atoms with Crippen molar-refractivity contribution in [1.82, 2.24) is 19.7 Å². The van der Waals surface area contributed by atoms with Gasteiger partial charge in [0.1, 0.15) is 0 Å². The molecule has 0 fully saturated rings. The average molecular weight is 723 g/mol. The van der Waals surface area contributed by atoms with Crippen LogP contribution in [-0.4, -0.2) is 73.9 Å². The Morgan fingerprint density at radius 1 is 1.02 bits per heavy atom. The van der Waals surface area contributed by atoms with Crippen LogP contribution < -0.4 is 36.8 Å². The summed E-state index contributed by atoms with van der Waals surface area (Å²) in [5.41, 5.74) is 3.05. The number of methoxy groups -OCH3 is 1. The van der Waals surface area contributed by atoms with Crippen LogP contribution >= 0.6 is 0 Å². The quantitative estimate of drug-likeness (QED) is 0.0801. The normalized spacial score (nSPS) is 11.7. The Labute approximate surface area is 268 Å². The number of hydrogen-bond acceptors (Lipinski definition) is 6. The maximum atomic E-state index is 14.8. The topological polar surface area (TPSA) is 89.8 Å². The fourth-order valence-corrected chi connectivity index (χ4v) is 8.02. The number of benzene rings is 2. The van der Waals surface area contributed by atoms with Gasteiger partial charge < -0.3 is 4.74 Å². The van der Waals surface area contributed by atoms with Crippen molar-refractivity contribution < 1.29 is 47.2 Å². The molecule has 0 radical (unpaired) electrons. The number of alkyl halides is 1. The van der Waals surface area contributed by atoms with Gasteiger partial charge in [0.2, 0.25) is 5.82 Å². The van der Waals surface area contributed by atoms with E-state index < -0.39 is 11.6 Å². The van der Waals surface area contributed by atoms with Gasteiger partial charge in [0, 0.05) is 18.0 Å². The number of aromatic nitrogens is 3. The van der Waals surface area contributed by atoms with E-state index in [2.05, 4.69) is 41.4 Å². The van der Waals surface area contributed by atoms with E-state index in [9.17, 15) is 13.6 Å². The van der Waals surface area contributed by atoms with E-state index in [1.807, 2.05) is 19.1 Å². The summed E-state index contributed by atoms with van der Waals surface area (Å²) in [7, 11) is 1.28. The third kappa shape index (κ3) is 7.46. The summed E-state index contributed by atoms with van der Waals surface area (Å²) in [6, 6.07) is 8.33. The number of quaternary nitrogens is 1. The summed E-state index contributed by atoms with van der Waals surface area (Å²) in [6.07, 6.45) is 5.31. The van der Waals surface area contributed by atoms with Crippen LogP contribution in [0.3, 0.4) is 0 Å². The van der Waals surface area contributed by atoms with Gasteiger partial charge in [0.25, 0.3) is 0 Å². The Morgan fingerprint density at radius 2 is 1.80 bits per heavy atom. The van der Waals surface area contributed by atoms with Crippen LogP contribution in [-0.2, 0) is 11.2 Å². The molecule has 238 valence electrons. The molecule has 0 saturated carbocycles. The predicted octanol–water partition coefficient (Wildman–Crippen LogP) is 2.62. The van der Waals surface area contributed by atoms with Gasteiger partial charge in [0.05, 0.1) is 19.0 Å². The van der Waals surface area contributed by atoms with Crippen LogP contribution in [0.4, 0.5) is 20.3 Å². The van der Waals surface area contributed by atoms with Crippen molar-refractivity contribution in [3.8, 4) is 17.0 Å². The molecule has 9 nitrogen and oxygen atoms in total. The molecule has 4 rings (SSSR count). The zero-order valence-electron chi connectivity index (χ0n) is 25.9. The van der Waals surface area contributed by atoms with Gasteiger partial charge in [-0.2, -0.15) is 4.39 Å². The number of carbonyl (C=O) groups is 1. The van der Waals surface area contributed by atoms with Gasteiger partial charge in [-0.15, -0.1) is 0 Å². The van der Waals surface area contributed by atoms with Crippen LogP contribution in [0.25, 0.3) is 16.9 Å². The predicted molar refractivity (Wildman–Crippen MR) is 164 cm³/mol. The number of rotatable bonds is 16. The van der Waals surface area contributed by atoms with E-state index in [0.29, 0.717) is 42.3 Å². The molecule has 0 unspecified atom stereocenters. The molecule has 0 atom stereocenters. The van der Waals surface area contributed by atoms with E-state index in [1.54, 1.807) is 22.9 Å². The van der Waals surface area contributed by atoms with Crippen molar-refractivity contribution in [3.05, 3.63) is 71.7 Å². The second-order valence-electron chi connectivity index (χ2n) is 10.1. The molecule has 0 spiro atoms. The molecule has 0 bridgehead atoms. The van der Waals surface area contributed by atoms with Crippen molar-refractivity contribution in [2.45, 2.75) is 34.1 Å². The van der Waals surface area contributed by atoms with Gasteiger partial charge in [-0.1, -0.05) is 0 Å². The monoisotopic (exact) mass is 722 g/mol. The van der Waals surface area contributed by atoms with E-state index in [1.165, 1.54) is 47.8 Å². The zero-order chi connectivity index (χ0) is 31.7. The molecule has 2 aromatic carbocycles. The molecular formula is C32H41F2IN6O3. The number of ether oxygens (including phenoxy) is 2. The standard InChI is InChI=1S/C32H41F2IN6O3/c1-6-22-20-23(10-11-24(22)32(42)37-16-19-44-18-14-35-41(7-2,8-3)9-4)39-30-31-38-21-26(40(31)17-15-36-30)25-12-13-27(43-5)29(34)28(25)33/h10-13,15,17,20-21H,6-9,14,16,18-19H2,1-5H3,(H,36,39)(H,37,42). The maximum absolute atomic E-state index is 14.8. The fourth-order valence-electron chi connectivity index (χ4n) is 5.04. The van der Waals surface area contributed by atoms with Gasteiger partial charge in [0.15, 0.2) is 23.0 Å². The number of imidazole rings is 1. The van der Waals surface area contributed by atoms with Gasteiger partial charge in [-0.25, -0.2) is 14.4 Å². The van der Waals surface area contributed by atoms with Gasteiger partial charge in [-0.3, -0.25) is 4.40 Å². The number of nitrogens with one attached hydrogen (secondary N) is 2. The third-order valence-corrected chi connectivity index (χ3v) is 12.2. The number of aryl methyl sites for hydroxylation is 1. The molecular weight excluding hydrogens is 681 g/mol. The zero-order valence-corrected chi connectivity index (χ0v) is 28.1. The minimum absolute atomic E-state index is 0.0230. The molecule has 0 aliphatic rings. The minimum atomic E-state index is -1.06. The number of halogens is 3. The Hall–Kier alpha value is -3.36. The van der Waals surface area contributed by atoms with Crippen LogP contribution in [0.15, 0.2) is 48.9 Å². The van der Waals surface area contributed by atoms with Gasteiger partial charge >= 0.3 is 163 Å². The van der Waals surface area contributed by atoms with E-state index in [0.717, 1.165) is 22.3 Å². The van der Waals surface area contributed by atoms with E-state index in [4.69, 9.17) is 9.47 Å². The molecule has 1 amide bonds. The number of carbonyl (C=O) groups excluding carboxylic acids is 1. The number of anilines is 2. The van der Waals surface area contributed by atoms with E-state index >= 15 is 0 Å². The molecule has 44 heavy (non-hydrogen) atoms. The summed E-state index contributed by atoms with van der Waals surface area (Å²) in [5.74, 6) is -1.97. The first-order valence-electron chi connectivity index (χ1n) is 14.9. The van der Waals surface area contributed by atoms with Crippen LogP contribution in [0, 0.1) is 11.6 Å². The molecule has 2 aromatic heterocycles. The van der Waals surface area contributed by atoms with Crippen molar-refractivity contribution in [2.75, 3.05) is 56.2 Å². The molecule has 2 N–H and O–H groups in total. The Morgan fingerprint density at radius 3 is 2.50 bits per heavy atom. The number of amides is 1. The summed E-state index contributed by atoms with van der Waals surface area (Å²) in [5, 5.41) is 6.23. The van der Waals surface area contributed by atoms with Crippen LogP contribution in [0.1, 0.15) is 43.6 Å². The Balaban J connectivity index is 1.39. The Kier molecular flexibility index (Phi) is 11.9. The number of hydrogen-bond donors (Lipinski definition) is 2. The second-order valence-corrected chi connectivity index (χ2v) is 13.9. The number of nitrogens with zero attached hydrogens (tertiary/aromatic N) is 4. The van der Waals surface area contributed by atoms with Crippen LogP contribution in [0.2, 0.25) is 0 Å². The summed E-state index contributed by atoms with van der Waals surface area (Å²) in [4.78, 5) is 21.8. The second kappa shape index (κ2) is 15.6. The first-order valence-corrected chi connectivity index (χ1v) is 17.4. The van der Waals surface area contributed by atoms with E-state index in [-0.39, 0.29) is 38.7 Å². The van der Waals surface area contributed by atoms with Crippen molar-refractivity contribution >= 4 is 23.1 Å². The molecule has 0 saturated heterocycles. The number of fused-ring (bicyclic) bond motifs is 1. The molecule has 12 heteroatoms. The fraction of sp³-hybridized carbons (Fsp3) is 0.406. The molecule has 4 aromatic rings. The molecule has 0 aliphatic heterocycles. The average Bonchev–Trinajstić information content (AvgIpc) is 3.48. The first kappa shape index (κ1) is 33.5. The van der Waals surface area contributed by atoms with Crippen molar-refractivity contribution in [1.29, 1.82) is 0 Å². The third-order valence-electron chi connectivity index (χ3n) is 7.76. The van der Waals surface area contributed by atoms with Crippen molar-refractivity contribution in [2.24, 2.45) is 0 Å². The molecule has 0 aliphatic carbocycles. The Bertz CT molecular complexity index is 1570. The summed E-state index contributed by atoms with van der Waals surface area (Å²) < 4.78 is 43.9. The van der Waals surface area contributed by atoms with Gasteiger partial charge in [-0.05, 0) is 12.1 Å². The molecule has 2 heterocycles. The summed E-state index contributed by atoms with van der Waals surface area (Å²) in [6.45, 7) is 14.0. The SMILES string of the molecule is CCc1cc(Nc2nccn3c(-c4ccc(OC)c(F)c4F)cnc23)ccc1C(=O)NCCOCC[I-][N+](CC)(CC)CC.